The molecule has 1 rings (SSSR count). The molecule has 1 aromatic rings. The topological polar surface area (TPSA) is 68.9 Å². The molecule has 0 bridgehead atoms. The second kappa shape index (κ2) is 3.42. The number of hydrogen-bond donors (Lipinski definition) is 1. The molecule has 0 fully saturated rings. The van der Waals surface area contributed by atoms with Crippen molar-refractivity contribution in [3.05, 3.63) is 20.8 Å². The smallest absolute Gasteiger partial charge is 0.346 e. The van der Waals surface area contributed by atoms with Crippen LogP contribution >= 0.6 is 0 Å². The molecule has 0 aromatic carbocycles. The highest BCUT2D eigenvalue weighted by molar-refractivity contribution is 5.28. The number of nitrogens with zero attached hydrogens (tertiary/aromatic N) is 3. The van der Waals surface area contributed by atoms with Gasteiger partial charge >= 0.3 is 5.69 Å². The zero-order chi connectivity index (χ0) is 10.0. The highest BCUT2D eigenvalue weighted by Gasteiger charge is 2.06. The molecular weight excluding hydrogens is 172 g/mol. The molecule has 0 atom stereocenters. The van der Waals surface area contributed by atoms with Crippen molar-refractivity contribution in [2.45, 2.75) is 6.92 Å². The molecule has 0 aliphatic heterocycles. The normalized spacial score (nSPS) is 10.1. The van der Waals surface area contributed by atoms with Crippen LogP contribution in [-0.4, -0.2) is 20.9 Å². The Labute approximate surface area is 74.8 Å². The molecule has 0 spiro atoms. The second-order valence-electron chi connectivity index (χ2n) is 2.65. The number of aromatic nitrogens is 3. The van der Waals surface area contributed by atoms with Crippen LogP contribution in [0.2, 0.25) is 0 Å². The Morgan fingerprint density at radius 2 is 2.00 bits per heavy atom. The van der Waals surface area contributed by atoms with Crippen molar-refractivity contribution in [1.82, 2.24) is 14.3 Å². The fraction of sp³-hybridized carbons (Fsp3) is 0.571. The maximum Gasteiger partial charge on any atom is 0.346 e. The number of anilines is 1. The minimum atomic E-state index is -0.424. The molecule has 72 valence electrons. The van der Waals surface area contributed by atoms with Gasteiger partial charge in [-0.1, -0.05) is 0 Å². The summed E-state index contributed by atoms with van der Waals surface area (Å²) in [7, 11) is 2.93. The van der Waals surface area contributed by atoms with Gasteiger partial charge in [0.1, 0.15) is 0 Å². The van der Waals surface area contributed by atoms with Crippen LogP contribution in [0.1, 0.15) is 6.92 Å². The summed E-state index contributed by atoms with van der Waals surface area (Å²) in [6.07, 6.45) is 0. The third-order valence-corrected chi connectivity index (χ3v) is 1.67. The van der Waals surface area contributed by atoms with Crippen molar-refractivity contribution in [2.75, 3.05) is 11.9 Å². The Kier molecular flexibility index (Phi) is 2.50. The molecule has 13 heavy (non-hydrogen) atoms. The molecule has 0 radical (unpaired) electrons. The first-order chi connectivity index (χ1) is 6.07. The molecule has 1 aromatic heterocycles. The molecule has 0 aliphatic rings. The van der Waals surface area contributed by atoms with Gasteiger partial charge in [-0.3, -0.25) is 9.36 Å². The van der Waals surface area contributed by atoms with E-state index in [2.05, 4.69) is 10.4 Å². The number of aryl methyl sites for hydroxylation is 1. The highest BCUT2D eigenvalue weighted by Crippen LogP contribution is 1.86. The van der Waals surface area contributed by atoms with Crippen LogP contribution in [0.5, 0.6) is 0 Å². The Morgan fingerprint density at radius 1 is 1.38 bits per heavy atom. The van der Waals surface area contributed by atoms with Gasteiger partial charge in [0, 0.05) is 20.6 Å². The SMILES string of the molecule is CCNc1nn(C)c(=O)n(C)c1=O. The summed E-state index contributed by atoms with van der Waals surface area (Å²) >= 11 is 0. The standard InChI is InChI=1S/C7H12N4O2/c1-4-8-5-6(12)10(2)7(13)11(3)9-5/h4H2,1-3H3,(H,8,9). The fourth-order valence-electron chi connectivity index (χ4n) is 0.977. The van der Waals surface area contributed by atoms with Gasteiger partial charge in [0.05, 0.1) is 0 Å². The van der Waals surface area contributed by atoms with E-state index in [0.717, 1.165) is 9.25 Å². The molecule has 0 unspecified atom stereocenters. The van der Waals surface area contributed by atoms with Gasteiger partial charge < -0.3 is 5.32 Å². The third kappa shape index (κ3) is 1.61. The number of nitrogens with one attached hydrogen (secondary N) is 1. The molecule has 1 heterocycles. The van der Waals surface area contributed by atoms with Gasteiger partial charge in [-0.15, -0.1) is 5.10 Å². The van der Waals surface area contributed by atoms with E-state index in [1.165, 1.54) is 14.1 Å². The fourth-order valence-corrected chi connectivity index (χ4v) is 0.977. The van der Waals surface area contributed by atoms with Crippen molar-refractivity contribution in [3.63, 3.8) is 0 Å². The number of hydrogen-bond acceptors (Lipinski definition) is 4. The maximum absolute atomic E-state index is 11.4. The first-order valence-electron chi connectivity index (χ1n) is 3.96. The molecule has 6 nitrogen and oxygen atoms in total. The van der Waals surface area contributed by atoms with Crippen LogP contribution in [0, 0.1) is 0 Å². The first-order valence-corrected chi connectivity index (χ1v) is 3.96. The van der Waals surface area contributed by atoms with Gasteiger partial charge in [-0.25, -0.2) is 9.48 Å². The van der Waals surface area contributed by atoms with E-state index in [9.17, 15) is 9.59 Å². The largest absolute Gasteiger partial charge is 0.364 e. The van der Waals surface area contributed by atoms with Crippen molar-refractivity contribution in [1.29, 1.82) is 0 Å². The Hall–Kier alpha value is -1.59. The van der Waals surface area contributed by atoms with E-state index in [4.69, 9.17) is 0 Å². The predicted octanol–water partition coefficient (Wildman–Crippen LogP) is -1.09. The van der Waals surface area contributed by atoms with Gasteiger partial charge in [0.25, 0.3) is 5.56 Å². The zero-order valence-electron chi connectivity index (χ0n) is 7.87. The van der Waals surface area contributed by atoms with E-state index in [-0.39, 0.29) is 5.82 Å². The quantitative estimate of drug-likeness (QED) is 0.634. The molecule has 0 saturated heterocycles. The predicted molar refractivity (Wildman–Crippen MR) is 48.9 cm³/mol. The number of rotatable bonds is 2. The van der Waals surface area contributed by atoms with Crippen molar-refractivity contribution in [2.24, 2.45) is 14.1 Å². The molecule has 6 heteroatoms. The summed E-state index contributed by atoms with van der Waals surface area (Å²) in [6, 6.07) is 0. The Bertz CT molecular complexity index is 417. The van der Waals surface area contributed by atoms with E-state index in [1.54, 1.807) is 0 Å². The summed E-state index contributed by atoms with van der Waals surface area (Å²) in [5.74, 6) is 0.201. The lowest BCUT2D eigenvalue weighted by Crippen LogP contribution is -2.39. The second-order valence-corrected chi connectivity index (χ2v) is 2.65. The van der Waals surface area contributed by atoms with Gasteiger partial charge in [0.2, 0.25) is 5.82 Å². The van der Waals surface area contributed by atoms with E-state index < -0.39 is 11.2 Å². The van der Waals surface area contributed by atoms with Crippen LogP contribution in [0.15, 0.2) is 9.59 Å². The van der Waals surface area contributed by atoms with Crippen LogP contribution in [-0.2, 0) is 14.1 Å². The monoisotopic (exact) mass is 184 g/mol. The lowest BCUT2D eigenvalue weighted by molar-refractivity contribution is 0.605. The van der Waals surface area contributed by atoms with Gasteiger partial charge in [-0.05, 0) is 6.92 Å². The first kappa shape index (κ1) is 9.50. The van der Waals surface area contributed by atoms with Gasteiger partial charge in [0.15, 0.2) is 0 Å². The lowest BCUT2D eigenvalue weighted by atomic mass is 10.6. The van der Waals surface area contributed by atoms with Crippen LogP contribution in [0.3, 0.4) is 0 Å². The van der Waals surface area contributed by atoms with E-state index in [1.807, 2.05) is 6.92 Å². The average Bonchev–Trinajstić information content (AvgIpc) is 2.11. The van der Waals surface area contributed by atoms with E-state index in [0.29, 0.717) is 6.54 Å². The van der Waals surface area contributed by atoms with E-state index >= 15 is 0 Å². The molecule has 0 saturated carbocycles. The minimum absolute atomic E-state index is 0.201. The summed E-state index contributed by atoms with van der Waals surface area (Å²) in [5, 5.41) is 6.56. The maximum atomic E-state index is 11.4. The van der Waals surface area contributed by atoms with Crippen LogP contribution < -0.4 is 16.6 Å². The Balaban J connectivity index is 3.42. The lowest BCUT2D eigenvalue weighted by Gasteiger charge is -2.05. The van der Waals surface area contributed by atoms with Gasteiger partial charge in [-0.2, -0.15) is 0 Å². The summed E-state index contributed by atoms with van der Waals surface area (Å²) < 4.78 is 2.14. The summed E-state index contributed by atoms with van der Waals surface area (Å²) in [4.78, 5) is 22.5. The molecule has 0 amide bonds. The zero-order valence-corrected chi connectivity index (χ0v) is 7.87. The van der Waals surface area contributed by atoms with Crippen LogP contribution in [0.4, 0.5) is 5.82 Å². The third-order valence-electron chi connectivity index (χ3n) is 1.67. The van der Waals surface area contributed by atoms with Crippen molar-refractivity contribution < 1.29 is 0 Å². The Morgan fingerprint density at radius 3 is 2.54 bits per heavy atom. The average molecular weight is 184 g/mol. The summed E-state index contributed by atoms with van der Waals surface area (Å²) in [5.41, 5.74) is -0.823. The van der Waals surface area contributed by atoms with Crippen molar-refractivity contribution >= 4 is 5.82 Å². The van der Waals surface area contributed by atoms with Crippen molar-refractivity contribution in [3.8, 4) is 0 Å². The van der Waals surface area contributed by atoms with Crippen LogP contribution in [0.25, 0.3) is 0 Å². The minimum Gasteiger partial charge on any atom is -0.364 e. The highest BCUT2D eigenvalue weighted by atomic mass is 16.2. The molecule has 0 aliphatic carbocycles. The molecule has 1 N–H and O–H groups in total. The molecular formula is C7H12N4O2. The summed E-state index contributed by atoms with van der Waals surface area (Å²) in [6.45, 7) is 2.45.